The molecule has 0 heterocycles. The van der Waals surface area contributed by atoms with Crippen molar-refractivity contribution < 1.29 is 43.7 Å². The van der Waals surface area contributed by atoms with Gasteiger partial charge < -0.3 is 35.6 Å². The molecule has 0 rings (SSSR count). The molecule has 0 aromatic rings. The Hall–Kier alpha value is -2.73. The highest BCUT2D eigenvalue weighted by atomic mass is 16.5. The topological polar surface area (TPSA) is 180 Å². The van der Waals surface area contributed by atoms with Crippen LogP contribution in [0.3, 0.4) is 0 Å². The number of likely N-dealkylation sites (N-methyl/N-ethyl adjacent to an activating group) is 1. The summed E-state index contributed by atoms with van der Waals surface area (Å²) in [5, 5.41) is 25.6. The second-order valence-corrected chi connectivity index (χ2v) is 10.5. The Morgan fingerprint density at radius 3 is 1.60 bits per heavy atom. The predicted molar refractivity (Wildman–Crippen MR) is 159 cm³/mol. The molecule has 3 amide bonds. The summed E-state index contributed by atoms with van der Waals surface area (Å²) in [4.78, 5) is 57.1. The van der Waals surface area contributed by atoms with Crippen LogP contribution in [-0.2, 0) is 33.4 Å². The molecule has 12 nitrogen and oxygen atoms in total. The van der Waals surface area contributed by atoms with Crippen LogP contribution in [0.25, 0.3) is 0 Å². The molecular formula is C30H55N3O9. The van der Waals surface area contributed by atoms with Crippen molar-refractivity contribution in [3.63, 3.8) is 0 Å². The van der Waals surface area contributed by atoms with Gasteiger partial charge in [0.25, 0.3) is 0 Å². The van der Waals surface area contributed by atoms with Crippen molar-refractivity contribution in [2.45, 2.75) is 122 Å². The molecule has 0 aromatic carbocycles. The summed E-state index contributed by atoms with van der Waals surface area (Å²) < 4.78 is 10.4. The van der Waals surface area contributed by atoms with Crippen LogP contribution in [0.15, 0.2) is 0 Å². The van der Waals surface area contributed by atoms with E-state index in [4.69, 9.17) is 14.6 Å². The Morgan fingerprint density at radius 1 is 0.595 bits per heavy atom. The third kappa shape index (κ3) is 27.4. The molecule has 0 spiro atoms. The molecule has 0 fully saturated rings. The van der Waals surface area contributed by atoms with E-state index in [-0.39, 0.29) is 76.4 Å². The normalized spacial score (nSPS) is 11.5. The second-order valence-electron chi connectivity index (χ2n) is 10.5. The Kier molecular flexibility index (Phi) is 26.5. The smallest absolute Gasteiger partial charge is 0.326 e. The van der Waals surface area contributed by atoms with Gasteiger partial charge in [-0.1, -0.05) is 77.0 Å². The number of carbonyl (C=O) groups is 5. The molecule has 1 atom stereocenters. The number of carbonyl (C=O) groups excluding carboxylic acids is 3. The lowest BCUT2D eigenvalue weighted by Crippen LogP contribution is -2.41. The molecule has 0 bridgehead atoms. The number of hydrogen-bond acceptors (Lipinski definition) is 7. The van der Waals surface area contributed by atoms with Crippen molar-refractivity contribution >= 4 is 29.7 Å². The summed E-state index contributed by atoms with van der Waals surface area (Å²) in [7, 11) is 1.52. The van der Waals surface area contributed by atoms with Gasteiger partial charge in [0.1, 0.15) is 12.6 Å². The highest BCUT2D eigenvalue weighted by molar-refractivity contribution is 5.84. The maximum absolute atomic E-state index is 12.2. The predicted octanol–water partition coefficient (Wildman–Crippen LogP) is 3.56. The highest BCUT2D eigenvalue weighted by Crippen LogP contribution is 2.14. The Morgan fingerprint density at radius 2 is 1.10 bits per heavy atom. The van der Waals surface area contributed by atoms with E-state index in [0.717, 1.165) is 38.5 Å². The van der Waals surface area contributed by atoms with Crippen LogP contribution in [-0.4, -0.2) is 85.9 Å². The first-order valence-electron chi connectivity index (χ1n) is 15.6. The van der Waals surface area contributed by atoms with Crippen LogP contribution < -0.4 is 16.0 Å². The van der Waals surface area contributed by atoms with Gasteiger partial charge in [-0.25, -0.2) is 4.79 Å². The molecule has 0 aliphatic carbocycles. The minimum absolute atomic E-state index is 0.00783. The zero-order valence-electron chi connectivity index (χ0n) is 25.6. The van der Waals surface area contributed by atoms with E-state index in [2.05, 4.69) is 16.0 Å². The van der Waals surface area contributed by atoms with Crippen LogP contribution in [0.4, 0.5) is 0 Å². The van der Waals surface area contributed by atoms with Crippen molar-refractivity contribution in [3.8, 4) is 0 Å². The fourth-order valence-corrected chi connectivity index (χ4v) is 4.29. The maximum Gasteiger partial charge on any atom is 0.326 e. The number of hydrogen-bond donors (Lipinski definition) is 5. The lowest BCUT2D eigenvalue weighted by molar-refractivity contribution is -0.142. The summed E-state index contributed by atoms with van der Waals surface area (Å²) in [5.74, 6) is -2.72. The van der Waals surface area contributed by atoms with E-state index < -0.39 is 18.0 Å². The van der Waals surface area contributed by atoms with Gasteiger partial charge in [-0.3, -0.25) is 19.2 Å². The standard InChI is InChI=1S/C30H55N3O9/c1-31-28(36)24-42-23-22-41-21-20-32-26(34)19-18-25(30(39)40)33-27(35)16-14-12-10-8-6-4-2-3-5-7-9-11-13-15-17-29(37)38/h25H,2-24H2,1H3,(H,31,36)(H,32,34)(H,33,35)(H,37,38)(H,39,40)/t25-/m0/s1. The Bertz CT molecular complexity index is 750. The lowest BCUT2D eigenvalue weighted by atomic mass is 10.0. The summed E-state index contributed by atoms with van der Waals surface area (Å²) in [6.45, 7) is 1.01. The quantitative estimate of drug-likeness (QED) is 0.0769. The highest BCUT2D eigenvalue weighted by Gasteiger charge is 2.20. The first kappa shape index (κ1) is 39.3. The first-order valence-corrected chi connectivity index (χ1v) is 15.6. The summed E-state index contributed by atoms with van der Waals surface area (Å²) in [6, 6.07) is -1.10. The van der Waals surface area contributed by atoms with Gasteiger partial charge in [-0.2, -0.15) is 0 Å². The molecule has 12 heteroatoms. The number of ether oxygens (including phenoxy) is 2. The molecule has 5 N–H and O–H groups in total. The molecule has 42 heavy (non-hydrogen) atoms. The number of carboxylic acid groups (broad SMARTS) is 2. The summed E-state index contributed by atoms with van der Waals surface area (Å²) >= 11 is 0. The molecule has 0 aromatic heterocycles. The number of aliphatic carboxylic acids is 2. The summed E-state index contributed by atoms with van der Waals surface area (Å²) in [6.07, 6.45) is 15.8. The molecule has 244 valence electrons. The van der Waals surface area contributed by atoms with Crippen molar-refractivity contribution in [2.75, 3.05) is 40.0 Å². The fraction of sp³-hybridized carbons (Fsp3) is 0.833. The largest absolute Gasteiger partial charge is 0.481 e. The van der Waals surface area contributed by atoms with E-state index in [9.17, 15) is 29.1 Å². The van der Waals surface area contributed by atoms with E-state index in [1.807, 2.05) is 0 Å². The minimum Gasteiger partial charge on any atom is -0.481 e. The Balaban J connectivity index is 3.66. The zero-order chi connectivity index (χ0) is 31.3. The van der Waals surface area contributed by atoms with Crippen LogP contribution in [0, 0.1) is 0 Å². The third-order valence-corrected chi connectivity index (χ3v) is 6.79. The zero-order valence-corrected chi connectivity index (χ0v) is 25.6. The molecular weight excluding hydrogens is 546 g/mol. The van der Waals surface area contributed by atoms with Crippen LogP contribution in [0.1, 0.15) is 116 Å². The first-order chi connectivity index (χ1) is 20.3. The second kappa shape index (κ2) is 28.4. The number of amides is 3. The van der Waals surface area contributed by atoms with Crippen LogP contribution in [0.5, 0.6) is 0 Å². The van der Waals surface area contributed by atoms with Gasteiger partial charge in [-0.15, -0.1) is 0 Å². The number of carboxylic acids is 2. The van der Waals surface area contributed by atoms with Gasteiger partial charge >= 0.3 is 11.9 Å². The molecule has 0 saturated carbocycles. The van der Waals surface area contributed by atoms with Crippen molar-refractivity contribution in [1.82, 2.24) is 16.0 Å². The molecule has 0 aliphatic heterocycles. The van der Waals surface area contributed by atoms with Gasteiger partial charge in [0.15, 0.2) is 0 Å². The third-order valence-electron chi connectivity index (χ3n) is 6.79. The van der Waals surface area contributed by atoms with Gasteiger partial charge in [0.05, 0.1) is 19.8 Å². The van der Waals surface area contributed by atoms with E-state index in [0.29, 0.717) is 6.42 Å². The fourth-order valence-electron chi connectivity index (χ4n) is 4.29. The van der Waals surface area contributed by atoms with Crippen LogP contribution in [0.2, 0.25) is 0 Å². The average Bonchev–Trinajstić information content (AvgIpc) is 2.95. The summed E-state index contributed by atoms with van der Waals surface area (Å²) in [5.41, 5.74) is 0. The SMILES string of the molecule is CNC(=O)COCCOCCNC(=O)CC[C@H](NC(=O)CCCCCCCCCCCCCCCCC(=O)O)C(=O)O. The van der Waals surface area contributed by atoms with E-state index in [1.165, 1.54) is 52.0 Å². The van der Waals surface area contributed by atoms with Crippen molar-refractivity contribution in [1.29, 1.82) is 0 Å². The van der Waals surface area contributed by atoms with Gasteiger partial charge in [0.2, 0.25) is 17.7 Å². The Labute approximate surface area is 251 Å². The average molecular weight is 602 g/mol. The van der Waals surface area contributed by atoms with Crippen molar-refractivity contribution in [3.05, 3.63) is 0 Å². The molecule has 0 saturated heterocycles. The lowest BCUT2D eigenvalue weighted by Gasteiger charge is -2.14. The van der Waals surface area contributed by atoms with Gasteiger partial charge in [-0.05, 0) is 19.3 Å². The number of rotatable bonds is 30. The monoisotopic (exact) mass is 601 g/mol. The number of unbranched alkanes of at least 4 members (excludes halogenated alkanes) is 13. The van der Waals surface area contributed by atoms with E-state index in [1.54, 1.807) is 0 Å². The minimum atomic E-state index is -1.16. The number of nitrogens with one attached hydrogen (secondary N) is 3. The van der Waals surface area contributed by atoms with Crippen molar-refractivity contribution in [2.24, 2.45) is 0 Å². The van der Waals surface area contributed by atoms with E-state index >= 15 is 0 Å². The molecule has 0 unspecified atom stereocenters. The van der Waals surface area contributed by atoms with Crippen LogP contribution >= 0.6 is 0 Å². The van der Waals surface area contributed by atoms with Gasteiger partial charge in [0, 0.05) is 32.9 Å². The maximum atomic E-state index is 12.2. The molecule has 0 radical (unpaired) electrons. The molecule has 0 aliphatic rings.